The van der Waals surface area contributed by atoms with Crippen LogP contribution in [-0.2, 0) is 0 Å². The highest BCUT2D eigenvalue weighted by atomic mass is 16.6. The van der Waals surface area contributed by atoms with Crippen LogP contribution in [0.4, 0.5) is 5.69 Å². The monoisotopic (exact) mass is 222 g/mol. The number of hydrogen-bond donors (Lipinski definition) is 1. The average molecular weight is 222 g/mol. The highest BCUT2D eigenvalue weighted by Gasteiger charge is 2.15. The number of rotatable bonds is 4. The number of nitro benzene ring substituents is 1. The molecule has 1 N–H and O–H groups in total. The van der Waals surface area contributed by atoms with Crippen LogP contribution >= 0.6 is 0 Å². The minimum atomic E-state index is -0.412. The third-order valence-corrected chi connectivity index (χ3v) is 2.70. The number of benzene rings is 1. The normalized spacial score (nSPS) is 19.6. The number of nitrogens with one attached hydrogen (secondary N) is 1. The molecule has 0 aromatic heterocycles. The molecule has 1 aromatic carbocycles. The first-order chi connectivity index (χ1) is 7.75. The minimum absolute atomic E-state index is 0.0925. The standard InChI is InChI=1S/C11H14N2O3/c14-13(15)10-1-3-11(4-2-10)16-8-9-5-6-12-7-9/h1-4,9,12H,5-8H2/t9-/m0/s1. The van der Waals surface area contributed by atoms with Gasteiger partial charge in [0.25, 0.3) is 5.69 Å². The topological polar surface area (TPSA) is 64.4 Å². The van der Waals surface area contributed by atoms with Crippen molar-refractivity contribution in [3.63, 3.8) is 0 Å². The zero-order chi connectivity index (χ0) is 11.4. The fourth-order valence-electron chi connectivity index (χ4n) is 1.73. The second-order valence-electron chi connectivity index (χ2n) is 3.92. The highest BCUT2D eigenvalue weighted by Crippen LogP contribution is 2.18. The Bertz CT molecular complexity index is 358. The van der Waals surface area contributed by atoms with Crippen LogP contribution in [-0.4, -0.2) is 24.6 Å². The molecule has 1 fully saturated rings. The van der Waals surface area contributed by atoms with E-state index in [1.807, 2.05) is 0 Å². The quantitative estimate of drug-likeness (QED) is 0.620. The highest BCUT2D eigenvalue weighted by molar-refractivity contribution is 5.35. The molecular weight excluding hydrogens is 208 g/mol. The van der Waals surface area contributed by atoms with Crippen molar-refractivity contribution in [1.82, 2.24) is 5.32 Å². The lowest BCUT2D eigenvalue weighted by Gasteiger charge is -2.10. The maximum Gasteiger partial charge on any atom is 0.269 e. The van der Waals surface area contributed by atoms with E-state index in [1.54, 1.807) is 12.1 Å². The van der Waals surface area contributed by atoms with Gasteiger partial charge in [-0.05, 0) is 25.1 Å². The summed E-state index contributed by atoms with van der Waals surface area (Å²) >= 11 is 0. The molecule has 1 aliphatic rings. The molecule has 2 rings (SSSR count). The summed E-state index contributed by atoms with van der Waals surface area (Å²) in [6.07, 6.45) is 1.13. The number of hydrogen-bond acceptors (Lipinski definition) is 4. The summed E-state index contributed by atoms with van der Waals surface area (Å²) in [6, 6.07) is 6.20. The largest absolute Gasteiger partial charge is 0.493 e. The maximum absolute atomic E-state index is 10.4. The fraction of sp³-hybridized carbons (Fsp3) is 0.455. The van der Waals surface area contributed by atoms with Gasteiger partial charge in [-0.2, -0.15) is 0 Å². The summed E-state index contributed by atoms with van der Waals surface area (Å²) in [7, 11) is 0. The van der Waals surface area contributed by atoms with Crippen LogP contribution < -0.4 is 10.1 Å². The molecule has 0 spiro atoms. The summed E-state index contributed by atoms with van der Waals surface area (Å²) in [4.78, 5) is 10.0. The maximum atomic E-state index is 10.4. The molecule has 1 saturated heterocycles. The van der Waals surface area contributed by atoms with Gasteiger partial charge < -0.3 is 10.1 Å². The lowest BCUT2D eigenvalue weighted by Crippen LogP contribution is -2.15. The van der Waals surface area contributed by atoms with Crippen molar-refractivity contribution in [3.05, 3.63) is 34.4 Å². The van der Waals surface area contributed by atoms with Gasteiger partial charge in [-0.1, -0.05) is 0 Å². The van der Waals surface area contributed by atoms with Crippen LogP contribution in [0.2, 0.25) is 0 Å². The van der Waals surface area contributed by atoms with E-state index in [0.717, 1.165) is 19.5 Å². The van der Waals surface area contributed by atoms with Gasteiger partial charge in [-0.25, -0.2) is 0 Å². The molecule has 0 radical (unpaired) electrons. The third kappa shape index (κ3) is 2.70. The van der Waals surface area contributed by atoms with Gasteiger partial charge in [-0.3, -0.25) is 10.1 Å². The molecule has 1 heterocycles. The molecule has 16 heavy (non-hydrogen) atoms. The molecule has 0 aliphatic carbocycles. The van der Waals surface area contributed by atoms with E-state index in [0.29, 0.717) is 18.3 Å². The zero-order valence-electron chi connectivity index (χ0n) is 8.89. The fourth-order valence-corrected chi connectivity index (χ4v) is 1.73. The van der Waals surface area contributed by atoms with Crippen molar-refractivity contribution in [1.29, 1.82) is 0 Å². The molecule has 0 amide bonds. The lowest BCUT2D eigenvalue weighted by atomic mass is 10.1. The Morgan fingerprint density at radius 1 is 1.44 bits per heavy atom. The summed E-state index contributed by atoms with van der Waals surface area (Å²) in [5, 5.41) is 13.7. The van der Waals surface area contributed by atoms with Crippen molar-refractivity contribution < 1.29 is 9.66 Å². The Labute approximate surface area is 93.6 Å². The Morgan fingerprint density at radius 2 is 2.19 bits per heavy atom. The second-order valence-corrected chi connectivity index (χ2v) is 3.92. The van der Waals surface area contributed by atoms with E-state index in [9.17, 15) is 10.1 Å². The first-order valence-corrected chi connectivity index (χ1v) is 5.33. The van der Waals surface area contributed by atoms with E-state index in [4.69, 9.17) is 4.74 Å². The van der Waals surface area contributed by atoms with Gasteiger partial charge in [0.1, 0.15) is 5.75 Å². The second kappa shape index (κ2) is 4.94. The lowest BCUT2D eigenvalue weighted by molar-refractivity contribution is -0.384. The molecule has 86 valence electrons. The van der Waals surface area contributed by atoms with Crippen LogP contribution in [0.5, 0.6) is 5.75 Å². The van der Waals surface area contributed by atoms with E-state index < -0.39 is 4.92 Å². The smallest absolute Gasteiger partial charge is 0.269 e. The zero-order valence-corrected chi connectivity index (χ0v) is 8.89. The Balaban J connectivity index is 1.87. The third-order valence-electron chi connectivity index (χ3n) is 2.70. The van der Waals surface area contributed by atoms with Crippen LogP contribution in [0.1, 0.15) is 6.42 Å². The Morgan fingerprint density at radius 3 is 2.75 bits per heavy atom. The van der Waals surface area contributed by atoms with Crippen LogP contribution in [0.3, 0.4) is 0 Å². The van der Waals surface area contributed by atoms with Crippen molar-refractivity contribution >= 4 is 5.69 Å². The van der Waals surface area contributed by atoms with E-state index in [2.05, 4.69) is 5.32 Å². The molecule has 1 aromatic rings. The number of ether oxygens (including phenoxy) is 1. The summed E-state index contributed by atoms with van der Waals surface area (Å²) in [5.41, 5.74) is 0.0925. The first kappa shape index (κ1) is 10.9. The number of non-ortho nitro benzene ring substituents is 1. The van der Waals surface area contributed by atoms with Crippen molar-refractivity contribution in [2.75, 3.05) is 19.7 Å². The summed E-state index contributed by atoms with van der Waals surface area (Å²) in [6.45, 7) is 2.71. The molecule has 5 nitrogen and oxygen atoms in total. The molecule has 1 aliphatic heterocycles. The van der Waals surface area contributed by atoms with E-state index in [1.165, 1.54) is 12.1 Å². The molecule has 0 unspecified atom stereocenters. The van der Waals surface area contributed by atoms with Gasteiger partial charge in [-0.15, -0.1) is 0 Å². The van der Waals surface area contributed by atoms with Crippen molar-refractivity contribution in [3.8, 4) is 5.75 Å². The van der Waals surface area contributed by atoms with Crippen LogP contribution in [0, 0.1) is 16.0 Å². The predicted octanol–water partition coefficient (Wildman–Crippen LogP) is 1.58. The Hall–Kier alpha value is -1.62. The Kier molecular flexibility index (Phi) is 3.36. The summed E-state index contributed by atoms with van der Waals surface area (Å²) in [5.74, 6) is 1.24. The minimum Gasteiger partial charge on any atom is -0.493 e. The molecule has 5 heteroatoms. The molecule has 0 saturated carbocycles. The van der Waals surface area contributed by atoms with Gasteiger partial charge in [0.05, 0.1) is 11.5 Å². The van der Waals surface area contributed by atoms with E-state index in [-0.39, 0.29) is 5.69 Å². The average Bonchev–Trinajstić information content (AvgIpc) is 2.80. The predicted molar refractivity (Wildman–Crippen MR) is 59.6 cm³/mol. The van der Waals surface area contributed by atoms with Crippen LogP contribution in [0.15, 0.2) is 24.3 Å². The van der Waals surface area contributed by atoms with Crippen molar-refractivity contribution in [2.45, 2.75) is 6.42 Å². The van der Waals surface area contributed by atoms with Crippen molar-refractivity contribution in [2.24, 2.45) is 5.92 Å². The van der Waals surface area contributed by atoms with Gasteiger partial charge in [0.2, 0.25) is 0 Å². The SMILES string of the molecule is O=[N+]([O-])c1ccc(OC[C@H]2CCNC2)cc1. The molecular formula is C11H14N2O3. The van der Waals surface area contributed by atoms with Gasteiger partial charge in [0.15, 0.2) is 0 Å². The number of nitro groups is 1. The van der Waals surface area contributed by atoms with Crippen LogP contribution in [0.25, 0.3) is 0 Å². The number of nitrogens with zero attached hydrogens (tertiary/aromatic N) is 1. The molecule has 1 atom stereocenters. The van der Waals surface area contributed by atoms with E-state index >= 15 is 0 Å². The van der Waals surface area contributed by atoms with Gasteiger partial charge >= 0.3 is 0 Å². The summed E-state index contributed by atoms with van der Waals surface area (Å²) < 4.78 is 5.56. The van der Waals surface area contributed by atoms with Gasteiger partial charge in [0, 0.05) is 24.6 Å². The molecule has 0 bridgehead atoms. The first-order valence-electron chi connectivity index (χ1n) is 5.33.